The maximum Gasteiger partial charge on any atom is 0.309 e. The largest absolute Gasteiger partial charge is 0.459 e. The van der Waals surface area contributed by atoms with Crippen LogP contribution in [-0.2, 0) is 26.2 Å². The minimum absolute atomic E-state index is 0.0962. The van der Waals surface area contributed by atoms with Gasteiger partial charge in [0, 0.05) is 19.3 Å². The molecule has 0 atom stereocenters. The zero-order valence-electron chi connectivity index (χ0n) is 19.2. The lowest BCUT2D eigenvalue weighted by molar-refractivity contribution is -0.151. The molecule has 7 nitrogen and oxygen atoms in total. The Kier molecular flexibility index (Phi) is 6.67. The van der Waals surface area contributed by atoms with Gasteiger partial charge in [0.05, 0.1) is 16.5 Å². The quantitative estimate of drug-likeness (QED) is 0.513. The van der Waals surface area contributed by atoms with Gasteiger partial charge in [-0.2, -0.15) is 9.40 Å². The summed E-state index contributed by atoms with van der Waals surface area (Å²) in [5.74, 6) is -0.614. The number of esters is 1. The van der Waals surface area contributed by atoms with Gasteiger partial charge in [-0.3, -0.25) is 4.79 Å². The second-order valence-corrected chi connectivity index (χ2v) is 10.5. The van der Waals surface area contributed by atoms with Crippen molar-refractivity contribution in [1.82, 2.24) is 14.1 Å². The number of nitrogens with zero attached hydrogens (tertiary/aromatic N) is 3. The number of piperidine rings is 1. The van der Waals surface area contributed by atoms with Crippen LogP contribution in [0.2, 0.25) is 0 Å². The van der Waals surface area contributed by atoms with Crippen molar-refractivity contribution in [2.24, 2.45) is 5.92 Å². The summed E-state index contributed by atoms with van der Waals surface area (Å²) in [6, 6.07) is 15.3. The molecule has 0 bridgehead atoms. The monoisotopic (exact) mass is 467 g/mol. The van der Waals surface area contributed by atoms with Crippen LogP contribution in [0.4, 0.5) is 0 Å². The van der Waals surface area contributed by atoms with Gasteiger partial charge in [0.1, 0.15) is 12.3 Å². The SMILES string of the molecule is Cc1cc(C)c(S(=O)(=O)N2CCC(C(=O)OCc3ccn(-c4ccccc4)n3)CC2)c(C)c1. The van der Waals surface area contributed by atoms with Crippen molar-refractivity contribution in [1.29, 1.82) is 0 Å². The average molecular weight is 468 g/mol. The molecule has 8 heteroatoms. The molecule has 174 valence electrons. The highest BCUT2D eigenvalue weighted by atomic mass is 32.2. The average Bonchev–Trinajstić information content (AvgIpc) is 3.26. The minimum atomic E-state index is -3.60. The Morgan fingerprint density at radius 3 is 2.30 bits per heavy atom. The van der Waals surface area contributed by atoms with E-state index in [-0.39, 0.29) is 18.5 Å². The molecular formula is C25H29N3O4S. The van der Waals surface area contributed by atoms with E-state index in [0.29, 0.717) is 36.5 Å². The van der Waals surface area contributed by atoms with Crippen LogP contribution in [0.15, 0.2) is 59.6 Å². The predicted octanol–water partition coefficient (Wildman–Crippen LogP) is 3.94. The molecule has 1 aliphatic heterocycles. The molecule has 0 spiro atoms. The normalized spacial score (nSPS) is 15.5. The number of aromatic nitrogens is 2. The predicted molar refractivity (Wildman–Crippen MR) is 125 cm³/mol. The van der Waals surface area contributed by atoms with Gasteiger partial charge in [-0.1, -0.05) is 35.9 Å². The third kappa shape index (κ3) is 5.02. The first-order chi connectivity index (χ1) is 15.8. The van der Waals surface area contributed by atoms with Crippen LogP contribution in [0.1, 0.15) is 35.2 Å². The van der Waals surface area contributed by atoms with Crippen LogP contribution in [-0.4, -0.2) is 41.6 Å². The highest BCUT2D eigenvalue weighted by Crippen LogP contribution is 2.29. The van der Waals surface area contributed by atoms with Crippen molar-refractivity contribution < 1.29 is 17.9 Å². The second-order valence-electron chi connectivity index (χ2n) is 8.60. The number of carbonyl (C=O) groups excluding carboxylic acids is 1. The summed E-state index contributed by atoms with van der Waals surface area (Å²) in [6.07, 6.45) is 2.72. The third-order valence-electron chi connectivity index (χ3n) is 6.02. The first kappa shape index (κ1) is 23.2. The number of hydrogen-bond acceptors (Lipinski definition) is 5. The maximum absolute atomic E-state index is 13.2. The van der Waals surface area contributed by atoms with Crippen molar-refractivity contribution in [3.8, 4) is 5.69 Å². The van der Waals surface area contributed by atoms with Gasteiger partial charge in [0.2, 0.25) is 10.0 Å². The van der Waals surface area contributed by atoms with Crippen molar-refractivity contribution >= 4 is 16.0 Å². The van der Waals surface area contributed by atoms with E-state index in [1.165, 1.54) is 4.31 Å². The van der Waals surface area contributed by atoms with E-state index >= 15 is 0 Å². The van der Waals surface area contributed by atoms with Crippen molar-refractivity contribution in [2.45, 2.75) is 45.1 Å². The van der Waals surface area contributed by atoms with E-state index in [2.05, 4.69) is 5.10 Å². The Morgan fingerprint density at radius 2 is 1.67 bits per heavy atom. The minimum Gasteiger partial charge on any atom is -0.459 e. The van der Waals surface area contributed by atoms with Crippen molar-refractivity contribution in [3.63, 3.8) is 0 Å². The van der Waals surface area contributed by atoms with Gasteiger partial charge in [-0.15, -0.1) is 0 Å². The summed E-state index contributed by atoms with van der Waals surface area (Å²) >= 11 is 0. The molecule has 2 heterocycles. The number of rotatable bonds is 6. The zero-order valence-corrected chi connectivity index (χ0v) is 20.0. The number of para-hydroxylation sites is 1. The second kappa shape index (κ2) is 9.49. The fourth-order valence-corrected chi connectivity index (χ4v) is 6.34. The van der Waals surface area contributed by atoms with E-state index in [1.807, 2.05) is 75.5 Å². The highest BCUT2D eigenvalue weighted by Gasteiger charge is 2.34. The van der Waals surface area contributed by atoms with Gasteiger partial charge < -0.3 is 4.74 Å². The molecule has 1 saturated heterocycles. The van der Waals surface area contributed by atoms with Gasteiger partial charge in [0.15, 0.2) is 0 Å². The Hall–Kier alpha value is -2.97. The Bertz CT molecular complexity index is 1220. The molecule has 0 N–H and O–H groups in total. The standard InChI is InChI=1S/C25H29N3O4S/c1-18-15-19(2)24(20(3)16-18)33(30,31)27-12-9-21(10-13-27)25(29)32-17-22-11-14-28(26-22)23-7-5-4-6-8-23/h4-8,11,14-16,21H,9-10,12-13,17H2,1-3H3. The van der Waals surface area contributed by atoms with Gasteiger partial charge in [-0.25, -0.2) is 13.1 Å². The van der Waals surface area contributed by atoms with Crippen molar-refractivity contribution in [2.75, 3.05) is 13.1 Å². The van der Waals surface area contributed by atoms with E-state index in [4.69, 9.17) is 4.74 Å². The van der Waals surface area contributed by atoms with Crippen LogP contribution in [0.5, 0.6) is 0 Å². The molecule has 33 heavy (non-hydrogen) atoms. The van der Waals surface area contributed by atoms with Gasteiger partial charge in [0.25, 0.3) is 0 Å². The Balaban J connectivity index is 1.34. The summed E-state index contributed by atoms with van der Waals surface area (Å²) in [5, 5.41) is 4.45. The van der Waals surface area contributed by atoms with E-state index in [1.54, 1.807) is 4.68 Å². The summed E-state index contributed by atoms with van der Waals surface area (Å²) in [5.41, 5.74) is 4.15. The smallest absolute Gasteiger partial charge is 0.309 e. The molecule has 0 radical (unpaired) electrons. The van der Waals surface area contributed by atoms with Gasteiger partial charge >= 0.3 is 5.97 Å². The molecule has 0 amide bonds. The molecule has 0 unspecified atom stereocenters. The van der Waals surface area contributed by atoms with Crippen molar-refractivity contribution in [3.05, 3.63) is 77.1 Å². The number of ether oxygens (including phenoxy) is 1. The van der Waals surface area contributed by atoms with Crippen LogP contribution < -0.4 is 0 Å². The summed E-state index contributed by atoms with van der Waals surface area (Å²) < 4.78 is 35.2. The zero-order chi connectivity index (χ0) is 23.6. The lowest BCUT2D eigenvalue weighted by atomic mass is 9.98. The number of aryl methyl sites for hydroxylation is 3. The lowest BCUT2D eigenvalue weighted by Gasteiger charge is -2.31. The van der Waals surface area contributed by atoms with E-state index in [0.717, 1.165) is 22.4 Å². The van der Waals surface area contributed by atoms with E-state index < -0.39 is 10.0 Å². The fourth-order valence-electron chi connectivity index (χ4n) is 4.46. The van der Waals surface area contributed by atoms with Crippen LogP contribution >= 0.6 is 0 Å². The highest BCUT2D eigenvalue weighted by molar-refractivity contribution is 7.89. The molecule has 0 aliphatic carbocycles. The number of carbonyl (C=O) groups is 1. The lowest BCUT2D eigenvalue weighted by Crippen LogP contribution is -2.41. The summed E-state index contributed by atoms with van der Waals surface area (Å²) in [7, 11) is -3.60. The first-order valence-corrected chi connectivity index (χ1v) is 12.5. The molecule has 1 fully saturated rings. The van der Waals surface area contributed by atoms with E-state index in [9.17, 15) is 13.2 Å². The molecule has 0 saturated carbocycles. The van der Waals surface area contributed by atoms with Crippen LogP contribution in [0, 0.1) is 26.7 Å². The molecule has 4 rings (SSSR count). The number of hydrogen-bond donors (Lipinski definition) is 0. The molecule has 2 aromatic carbocycles. The summed E-state index contributed by atoms with van der Waals surface area (Å²) in [6.45, 7) is 6.32. The van der Waals surface area contributed by atoms with Crippen LogP contribution in [0.3, 0.4) is 0 Å². The van der Waals surface area contributed by atoms with Gasteiger partial charge in [-0.05, 0) is 62.9 Å². The Morgan fingerprint density at radius 1 is 1.03 bits per heavy atom. The first-order valence-electron chi connectivity index (χ1n) is 11.1. The molecule has 1 aromatic heterocycles. The maximum atomic E-state index is 13.2. The topological polar surface area (TPSA) is 81.5 Å². The molecule has 3 aromatic rings. The van der Waals surface area contributed by atoms with Crippen LogP contribution in [0.25, 0.3) is 5.69 Å². The molecular weight excluding hydrogens is 438 g/mol. The fraction of sp³-hybridized carbons (Fsp3) is 0.360. The Labute approximate surface area is 195 Å². The molecule has 1 aliphatic rings. The third-order valence-corrected chi connectivity index (χ3v) is 8.22. The number of sulfonamides is 1. The summed E-state index contributed by atoms with van der Waals surface area (Å²) in [4.78, 5) is 13.0. The number of benzene rings is 2.